The van der Waals surface area contributed by atoms with E-state index < -0.39 is 11.7 Å². The first-order valence-corrected chi connectivity index (χ1v) is 9.15. The summed E-state index contributed by atoms with van der Waals surface area (Å²) in [7, 11) is 0. The lowest BCUT2D eigenvalue weighted by Crippen LogP contribution is -2.36. The number of hydrogen-bond acceptors (Lipinski definition) is 4. The Morgan fingerprint density at radius 1 is 0.967 bits per heavy atom. The van der Waals surface area contributed by atoms with Crippen molar-refractivity contribution in [1.29, 1.82) is 0 Å². The van der Waals surface area contributed by atoms with Gasteiger partial charge in [-0.05, 0) is 48.5 Å². The van der Waals surface area contributed by atoms with E-state index in [1.807, 2.05) is 12.1 Å². The van der Waals surface area contributed by atoms with Crippen molar-refractivity contribution in [1.82, 2.24) is 10.3 Å². The first kappa shape index (κ1) is 20.7. The zero-order chi connectivity index (χ0) is 21.3. The van der Waals surface area contributed by atoms with Crippen molar-refractivity contribution in [2.75, 3.05) is 10.6 Å². The molecule has 0 aliphatic rings. The molecule has 2 amide bonds. The first-order chi connectivity index (χ1) is 14.5. The quantitative estimate of drug-likeness (QED) is 0.447. The number of guanidine groups is 1. The summed E-state index contributed by atoms with van der Waals surface area (Å²) in [6, 6.07) is 17.8. The Hall–Kier alpha value is -4.07. The third kappa shape index (κ3) is 6.23. The molecule has 3 N–H and O–H groups in total. The number of aromatic nitrogens is 1. The fourth-order valence-corrected chi connectivity index (χ4v) is 2.59. The fourth-order valence-electron chi connectivity index (χ4n) is 2.59. The zero-order valence-electron chi connectivity index (χ0n) is 16.2. The average Bonchev–Trinajstić information content (AvgIpc) is 2.72. The summed E-state index contributed by atoms with van der Waals surface area (Å²) >= 11 is 0. The van der Waals surface area contributed by atoms with E-state index in [1.54, 1.807) is 48.7 Å². The molecule has 0 fully saturated rings. The second-order valence-electron chi connectivity index (χ2n) is 6.34. The number of carbonyl (C=O) groups excluding carboxylic acids is 2. The summed E-state index contributed by atoms with van der Waals surface area (Å²) in [6.45, 7) is 1.60. The fraction of sp³-hybridized carbons (Fsp3) is 0.0909. The lowest BCUT2D eigenvalue weighted by Gasteiger charge is -2.12. The van der Waals surface area contributed by atoms with Gasteiger partial charge in [-0.3, -0.25) is 19.9 Å². The van der Waals surface area contributed by atoms with E-state index in [2.05, 4.69) is 25.9 Å². The molecule has 2 aromatic carbocycles. The van der Waals surface area contributed by atoms with E-state index in [1.165, 1.54) is 19.1 Å². The van der Waals surface area contributed by atoms with Crippen molar-refractivity contribution in [3.63, 3.8) is 0 Å². The molecular weight excluding hydrogens is 385 g/mol. The van der Waals surface area contributed by atoms with Crippen LogP contribution in [0, 0.1) is 5.82 Å². The largest absolute Gasteiger partial charge is 0.326 e. The molecular formula is C22H20FN5O2. The van der Waals surface area contributed by atoms with Gasteiger partial charge >= 0.3 is 0 Å². The molecule has 0 bridgehead atoms. The minimum absolute atomic E-state index is 0.140. The van der Waals surface area contributed by atoms with Crippen molar-refractivity contribution in [2.45, 2.75) is 13.5 Å². The predicted molar refractivity (Wildman–Crippen MR) is 114 cm³/mol. The summed E-state index contributed by atoms with van der Waals surface area (Å²) in [6.07, 6.45) is 1.65. The summed E-state index contributed by atoms with van der Waals surface area (Å²) in [5.74, 6) is -0.955. The third-order valence-corrected chi connectivity index (χ3v) is 3.89. The number of nitrogens with one attached hydrogen (secondary N) is 3. The molecule has 1 heterocycles. The molecule has 0 saturated carbocycles. The van der Waals surface area contributed by atoms with E-state index >= 15 is 0 Å². The Balaban J connectivity index is 1.80. The van der Waals surface area contributed by atoms with Gasteiger partial charge in [-0.1, -0.05) is 18.2 Å². The van der Waals surface area contributed by atoms with Crippen LogP contribution >= 0.6 is 0 Å². The van der Waals surface area contributed by atoms with Gasteiger partial charge in [-0.2, -0.15) is 0 Å². The van der Waals surface area contributed by atoms with Gasteiger partial charge in [0.2, 0.25) is 11.9 Å². The van der Waals surface area contributed by atoms with Gasteiger partial charge in [0.25, 0.3) is 5.91 Å². The summed E-state index contributed by atoms with van der Waals surface area (Å²) in [4.78, 5) is 32.5. The first-order valence-electron chi connectivity index (χ1n) is 9.15. The highest BCUT2D eigenvalue weighted by Crippen LogP contribution is 2.12. The van der Waals surface area contributed by atoms with Crippen LogP contribution in [0.1, 0.15) is 23.0 Å². The van der Waals surface area contributed by atoms with Gasteiger partial charge in [-0.15, -0.1) is 0 Å². The topological polar surface area (TPSA) is 95.5 Å². The molecule has 7 nitrogen and oxygen atoms in total. The molecule has 3 rings (SSSR count). The number of anilines is 2. The lowest BCUT2D eigenvalue weighted by molar-refractivity contribution is -0.114. The number of aliphatic imine (C=N–C) groups is 1. The standard InChI is InChI=1S/C22H20FN5O2/c1-15(29)26-18-9-4-6-16(12-18)21(30)28-22(25-14-20-8-2-3-11-24-20)27-19-10-5-7-17(23)13-19/h2-13H,14H2,1H3,(H,26,29)(H2,25,27,28,30). The Labute approximate surface area is 173 Å². The van der Waals surface area contributed by atoms with E-state index in [9.17, 15) is 14.0 Å². The normalized spacial score (nSPS) is 10.9. The second-order valence-corrected chi connectivity index (χ2v) is 6.34. The summed E-state index contributed by atoms with van der Waals surface area (Å²) < 4.78 is 13.5. The molecule has 3 aromatic rings. The average molecular weight is 405 g/mol. The van der Waals surface area contributed by atoms with Gasteiger partial charge in [0.1, 0.15) is 5.82 Å². The van der Waals surface area contributed by atoms with E-state index in [4.69, 9.17) is 0 Å². The van der Waals surface area contributed by atoms with Crippen molar-refractivity contribution < 1.29 is 14.0 Å². The highest BCUT2D eigenvalue weighted by molar-refractivity contribution is 6.10. The number of carbonyl (C=O) groups is 2. The maximum Gasteiger partial charge on any atom is 0.258 e. The minimum Gasteiger partial charge on any atom is -0.326 e. The predicted octanol–water partition coefficient (Wildman–Crippen LogP) is 3.58. The molecule has 0 aliphatic carbocycles. The van der Waals surface area contributed by atoms with Crippen LogP contribution in [0.4, 0.5) is 15.8 Å². The van der Waals surface area contributed by atoms with E-state index in [-0.39, 0.29) is 18.4 Å². The van der Waals surface area contributed by atoms with Gasteiger partial charge in [-0.25, -0.2) is 9.38 Å². The molecule has 0 radical (unpaired) electrons. The molecule has 152 valence electrons. The number of nitrogens with zero attached hydrogens (tertiary/aromatic N) is 2. The number of halogens is 1. The number of pyridine rings is 1. The van der Waals surface area contributed by atoms with Crippen molar-refractivity contribution in [3.05, 3.63) is 90.0 Å². The van der Waals surface area contributed by atoms with Crippen LogP contribution in [0.25, 0.3) is 0 Å². The van der Waals surface area contributed by atoms with Gasteiger partial charge in [0, 0.05) is 30.1 Å². The van der Waals surface area contributed by atoms with Crippen LogP contribution in [0.5, 0.6) is 0 Å². The smallest absolute Gasteiger partial charge is 0.258 e. The molecule has 0 unspecified atom stereocenters. The Morgan fingerprint density at radius 2 is 1.73 bits per heavy atom. The highest BCUT2D eigenvalue weighted by atomic mass is 19.1. The van der Waals surface area contributed by atoms with Crippen LogP contribution in [-0.2, 0) is 11.3 Å². The van der Waals surface area contributed by atoms with Crippen molar-refractivity contribution in [3.8, 4) is 0 Å². The summed E-state index contributed by atoms with van der Waals surface area (Å²) in [5, 5.41) is 8.24. The van der Waals surface area contributed by atoms with Crippen molar-refractivity contribution in [2.24, 2.45) is 4.99 Å². The molecule has 0 aliphatic heterocycles. The van der Waals surface area contributed by atoms with E-state index in [0.717, 1.165) is 0 Å². The molecule has 30 heavy (non-hydrogen) atoms. The number of benzene rings is 2. The van der Waals surface area contributed by atoms with Crippen LogP contribution in [0.2, 0.25) is 0 Å². The molecule has 8 heteroatoms. The monoisotopic (exact) mass is 405 g/mol. The maximum absolute atomic E-state index is 13.5. The van der Waals surface area contributed by atoms with Crippen molar-refractivity contribution >= 4 is 29.1 Å². The van der Waals surface area contributed by atoms with Gasteiger partial charge < -0.3 is 10.6 Å². The summed E-state index contributed by atoms with van der Waals surface area (Å²) in [5.41, 5.74) is 1.97. The zero-order valence-corrected chi connectivity index (χ0v) is 16.2. The second kappa shape index (κ2) is 9.92. The number of rotatable bonds is 5. The molecule has 0 spiro atoms. The van der Waals surface area contributed by atoms with Crippen LogP contribution in [-0.4, -0.2) is 22.8 Å². The number of amides is 2. The van der Waals surface area contributed by atoms with Gasteiger partial charge in [0.15, 0.2) is 0 Å². The van der Waals surface area contributed by atoms with Crippen LogP contribution < -0.4 is 16.0 Å². The Morgan fingerprint density at radius 3 is 2.43 bits per heavy atom. The molecule has 1 aromatic heterocycles. The highest BCUT2D eigenvalue weighted by Gasteiger charge is 2.11. The SMILES string of the molecule is CC(=O)Nc1cccc(C(=O)NC(=NCc2ccccn2)Nc2cccc(F)c2)c1. The lowest BCUT2D eigenvalue weighted by atomic mass is 10.2. The van der Waals surface area contributed by atoms with E-state index in [0.29, 0.717) is 22.6 Å². The Kier molecular flexibility index (Phi) is 6.83. The van der Waals surface area contributed by atoms with Crippen LogP contribution in [0.15, 0.2) is 77.9 Å². The third-order valence-electron chi connectivity index (χ3n) is 3.89. The van der Waals surface area contributed by atoms with Gasteiger partial charge in [0.05, 0.1) is 12.2 Å². The molecule has 0 atom stereocenters. The molecule has 0 saturated heterocycles. The number of hydrogen-bond donors (Lipinski definition) is 3. The maximum atomic E-state index is 13.5. The van der Waals surface area contributed by atoms with Crippen LogP contribution in [0.3, 0.4) is 0 Å². The minimum atomic E-state index is -0.439. The Bertz CT molecular complexity index is 1070.